The van der Waals surface area contributed by atoms with Crippen molar-refractivity contribution in [2.24, 2.45) is 5.92 Å². The number of carbonyl (C=O) groups is 1. The van der Waals surface area contributed by atoms with Crippen LogP contribution in [0.25, 0.3) is 21.8 Å². The fraction of sp³-hybridized carbons (Fsp3) is 0.321. The summed E-state index contributed by atoms with van der Waals surface area (Å²) in [5, 5.41) is 2.47. The van der Waals surface area contributed by atoms with Crippen LogP contribution in [0.1, 0.15) is 36.7 Å². The molecule has 4 rings (SSSR count). The normalized spacial score (nSPS) is 11.3. The SMILES string of the molecule is CCn1c2ccccc2c2cc(CN(CC(C)C)C(=O)c3cc(OC)cc(OC)c3)ccc21. The molecule has 0 aliphatic heterocycles. The molecule has 5 heteroatoms. The number of aryl methyl sites for hydroxylation is 1. The average molecular weight is 445 g/mol. The summed E-state index contributed by atoms with van der Waals surface area (Å²) in [6.07, 6.45) is 0. The second kappa shape index (κ2) is 9.57. The molecule has 0 saturated heterocycles. The summed E-state index contributed by atoms with van der Waals surface area (Å²) in [4.78, 5) is 15.5. The average Bonchev–Trinajstić information content (AvgIpc) is 3.15. The molecule has 1 amide bonds. The van der Waals surface area contributed by atoms with Gasteiger partial charge in [-0.3, -0.25) is 4.79 Å². The van der Waals surface area contributed by atoms with E-state index in [1.165, 1.54) is 21.8 Å². The van der Waals surface area contributed by atoms with Crippen LogP contribution < -0.4 is 9.47 Å². The molecule has 0 spiro atoms. The molecule has 33 heavy (non-hydrogen) atoms. The lowest BCUT2D eigenvalue weighted by molar-refractivity contribution is 0.0722. The molecule has 0 aliphatic rings. The quantitative estimate of drug-likeness (QED) is 0.328. The van der Waals surface area contributed by atoms with E-state index >= 15 is 0 Å². The van der Waals surface area contributed by atoms with Crippen molar-refractivity contribution in [2.75, 3.05) is 20.8 Å². The minimum atomic E-state index is -0.0306. The van der Waals surface area contributed by atoms with Crippen molar-refractivity contribution in [3.63, 3.8) is 0 Å². The summed E-state index contributed by atoms with van der Waals surface area (Å²) >= 11 is 0. The van der Waals surface area contributed by atoms with Gasteiger partial charge in [-0.15, -0.1) is 0 Å². The third-order valence-electron chi connectivity index (χ3n) is 6.00. The summed E-state index contributed by atoms with van der Waals surface area (Å²) in [6.45, 7) is 8.55. The third-order valence-corrected chi connectivity index (χ3v) is 6.00. The number of hydrogen-bond acceptors (Lipinski definition) is 3. The molecule has 4 aromatic rings. The number of ether oxygens (including phenoxy) is 2. The highest BCUT2D eigenvalue weighted by Crippen LogP contribution is 2.30. The fourth-order valence-electron chi connectivity index (χ4n) is 4.53. The number of benzene rings is 3. The molecule has 3 aromatic carbocycles. The zero-order valence-corrected chi connectivity index (χ0v) is 20.1. The molecule has 0 aliphatic carbocycles. The van der Waals surface area contributed by atoms with Crippen LogP contribution in [-0.4, -0.2) is 36.1 Å². The Morgan fingerprint density at radius 1 is 0.909 bits per heavy atom. The molecule has 5 nitrogen and oxygen atoms in total. The van der Waals surface area contributed by atoms with Gasteiger partial charge in [-0.2, -0.15) is 0 Å². The van der Waals surface area contributed by atoms with Crippen LogP contribution in [0.2, 0.25) is 0 Å². The summed E-state index contributed by atoms with van der Waals surface area (Å²) in [5.74, 6) is 1.52. The zero-order chi connectivity index (χ0) is 23.5. The van der Waals surface area contributed by atoms with E-state index in [9.17, 15) is 4.79 Å². The molecule has 1 aromatic heterocycles. The Hall–Kier alpha value is -3.47. The van der Waals surface area contributed by atoms with Gasteiger partial charge in [0.2, 0.25) is 0 Å². The van der Waals surface area contributed by atoms with Crippen LogP contribution in [0.5, 0.6) is 11.5 Å². The van der Waals surface area contributed by atoms with Gasteiger partial charge in [-0.1, -0.05) is 38.1 Å². The third kappa shape index (κ3) is 4.54. The number of para-hydroxylation sites is 1. The number of nitrogens with zero attached hydrogens (tertiary/aromatic N) is 2. The Balaban J connectivity index is 1.72. The molecule has 0 atom stereocenters. The summed E-state index contributed by atoms with van der Waals surface area (Å²) in [5.41, 5.74) is 4.15. The van der Waals surface area contributed by atoms with E-state index in [1.807, 2.05) is 4.90 Å². The number of methoxy groups -OCH3 is 2. The van der Waals surface area contributed by atoms with Gasteiger partial charge in [0.15, 0.2) is 0 Å². The number of carbonyl (C=O) groups excluding carboxylic acids is 1. The first-order valence-corrected chi connectivity index (χ1v) is 11.5. The first-order valence-electron chi connectivity index (χ1n) is 11.5. The minimum absolute atomic E-state index is 0.0306. The molecule has 172 valence electrons. The summed E-state index contributed by atoms with van der Waals surface area (Å²) in [6, 6.07) is 20.4. The van der Waals surface area contributed by atoms with E-state index in [4.69, 9.17) is 9.47 Å². The van der Waals surface area contributed by atoms with Crippen LogP contribution >= 0.6 is 0 Å². The van der Waals surface area contributed by atoms with Gasteiger partial charge in [0.05, 0.1) is 14.2 Å². The predicted octanol–water partition coefficient (Wildman–Crippen LogP) is 6.13. The smallest absolute Gasteiger partial charge is 0.254 e. The standard InChI is InChI=1S/C28H32N2O3/c1-6-30-26-10-8-7-9-24(26)25-13-20(11-12-27(25)30)18-29(17-19(2)3)28(31)21-14-22(32-4)16-23(15-21)33-5/h7-16,19H,6,17-18H2,1-5H3. The molecule has 0 radical (unpaired) electrons. The molecular weight excluding hydrogens is 412 g/mol. The van der Waals surface area contributed by atoms with Gasteiger partial charge >= 0.3 is 0 Å². The maximum atomic E-state index is 13.6. The van der Waals surface area contributed by atoms with Gasteiger partial charge in [0.1, 0.15) is 11.5 Å². The van der Waals surface area contributed by atoms with Crippen LogP contribution in [0.4, 0.5) is 0 Å². The van der Waals surface area contributed by atoms with Crippen LogP contribution in [0.15, 0.2) is 60.7 Å². The van der Waals surface area contributed by atoms with E-state index in [0.29, 0.717) is 36.1 Å². The van der Waals surface area contributed by atoms with Crippen molar-refractivity contribution in [3.8, 4) is 11.5 Å². The molecular formula is C28H32N2O3. The lowest BCUT2D eigenvalue weighted by Gasteiger charge is -2.25. The van der Waals surface area contributed by atoms with E-state index in [-0.39, 0.29) is 5.91 Å². The zero-order valence-electron chi connectivity index (χ0n) is 20.1. The van der Waals surface area contributed by atoms with Gasteiger partial charge in [0, 0.05) is 53.1 Å². The number of hydrogen-bond donors (Lipinski definition) is 0. The largest absolute Gasteiger partial charge is 0.497 e. The van der Waals surface area contributed by atoms with Gasteiger partial charge in [0.25, 0.3) is 5.91 Å². The monoisotopic (exact) mass is 444 g/mol. The predicted molar refractivity (Wildman–Crippen MR) is 134 cm³/mol. The molecule has 0 unspecified atom stereocenters. The Morgan fingerprint density at radius 3 is 2.21 bits per heavy atom. The van der Waals surface area contributed by atoms with Gasteiger partial charge < -0.3 is 18.9 Å². The highest BCUT2D eigenvalue weighted by molar-refractivity contribution is 6.08. The maximum Gasteiger partial charge on any atom is 0.254 e. The maximum absolute atomic E-state index is 13.6. The van der Waals surface area contributed by atoms with Crippen molar-refractivity contribution >= 4 is 27.7 Å². The second-order valence-electron chi connectivity index (χ2n) is 8.79. The highest BCUT2D eigenvalue weighted by Gasteiger charge is 2.20. The van der Waals surface area contributed by atoms with Crippen molar-refractivity contribution in [2.45, 2.75) is 33.9 Å². The van der Waals surface area contributed by atoms with E-state index in [1.54, 1.807) is 32.4 Å². The summed E-state index contributed by atoms with van der Waals surface area (Å²) < 4.78 is 13.1. The Labute approximate surface area is 195 Å². The first kappa shape index (κ1) is 22.7. The number of aromatic nitrogens is 1. The molecule has 0 fully saturated rings. The Morgan fingerprint density at radius 2 is 1.58 bits per heavy atom. The Bertz CT molecular complexity index is 1270. The number of rotatable bonds is 8. The van der Waals surface area contributed by atoms with Gasteiger partial charge in [-0.25, -0.2) is 0 Å². The first-order chi connectivity index (χ1) is 15.9. The molecule has 0 saturated carbocycles. The lowest BCUT2D eigenvalue weighted by atomic mass is 10.1. The minimum Gasteiger partial charge on any atom is -0.497 e. The van der Waals surface area contributed by atoms with Gasteiger partial charge in [-0.05, 0) is 48.7 Å². The second-order valence-corrected chi connectivity index (χ2v) is 8.79. The van der Waals surface area contributed by atoms with Crippen LogP contribution in [0.3, 0.4) is 0 Å². The lowest BCUT2D eigenvalue weighted by Crippen LogP contribution is -2.33. The van der Waals surface area contributed by atoms with Crippen molar-refractivity contribution in [1.29, 1.82) is 0 Å². The topological polar surface area (TPSA) is 43.7 Å². The Kier molecular flexibility index (Phi) is 6.59. The van der Waals surface area contributed by atoms with E-state index in [0.717, 1.165) is 12.1 Å². The number of amides is 1. The fourth-order valence-corrected chi connectivity index (χ4v) is 4.53. The van der Waals surface area contributed by atoms with Crippen molar-refractivity contribution in [1.82, 2.24) is 9.47 Å². The van der Waals surface area contributed by atoms with Crippen LogP contribution in [-0.2, 0) is 13.1 Å². The van der Waals surface area contributed by atoms with E-state index in [2.05, 4.69) is 67.8 Å². The highest BCUT2D eigenvalue weighted by atomic mass is 16.5. The molecule has 0 bridgehead atoms. The molecule has 1 heterocycles. The van der Waals surface area contributed by atoms with Crippen molar-refractivity contribution in [3.05, 3.63) is 71.8 Å². The molecule has 0 N–H and O–H groups in total. The number of fused-ring (bicyclic) bond motifs is 3. The van der Waals surface area contributed by atoms with E-state index < -0.39 is 0 Å². The van der Waals surface area contributed by atoms with Crippen LogP contribution in [0, 0.1) is 5.92 Å². The summed E-state index contributed by atoms with van der Waals surface area (Å²) in [7, 11) is 3.19. The van der Waals surface area contributed by atoms with Crippen molar-refractivity contribution < 1.29 is 14.3 Å².